The maximum absolute atomic E-state index is 6.54. The highest BCUT2D eigenvalue weighted by molar-refractivity contribution is 7.11. The van der Waals surface area contributed by atoms with Crippen molar-refractivity contribution in [3.8, 4) is 0 Å². The van der Waals surface area contributed by atoms with Crippen LogP contribution in [0.2, 0.25) is 0 Å². The summed E-state index contributed by atoms with van der Waals surface area (Å²) in [7, 11) is 0. The average molecular weight is 238 g/mol. The summed E-state index contributed by atoms with van der Waals surface area (Å²) in [6.45, 7) is 8.93. The molecule has 1 aromatic rings. The number of thiazole rings is 1. The van der Waals surface area contributed by atoms with Gasteiger partial charge in [0.25, 0.3) is 0 Å². The molecular formula is C13H22N2S. The number of aromatic nitrogens is 1. The third-order valence-electron chi connectivity index (χ3n) is 3.70. The molecule has 1 unspecified atom stereocenters. The third kappa shape index (κ3) is 2.03. The second-order valence-electron chi connectivity index (χ2n) is 5.87. The predicted octanol–water partition coefficient (Wildman–Crippen LogP) is 3.38. The van der Waals surface area contributed by atoms with E-state index >= 15 is 0 Å². The second-order valence-corrected chi connectivity index (χ2v) is 7.08. The summed E-state index contributed by atoms with van der Waals surface area (Å²) in [5.41, 5.74) is 7.99. The normalized spacial score (nSPS) is 28.6. The summed E-state index contributed by atoms with van der Waals surface area (Å²) in [5, 5.41) is 1.16. The lowest BCUT2D eigenvalue weighted by molar-refractivity contribution is 0.339. The molecule has 1 aliphatic carbocycles. The summed E-state index contributed by atoms with van der Waals surface area (Å²) < 4.78 is 0. The lowest BCUT2D eigenvalue weighted by Gasteiger charge is -2.24. The van der Waals surface area contributed by atoms with Gasteiger partial charge in [-0.25, -0.2) is 4.98 Å². The number of hydrogen-bond donors (Lipinski definition) is 1. The molecule has 16 heavy (non-hydrogen) atoms. The molecule has 0 aromatic carbocycles. The van der Waals surface area contributed by atoms with Crippen LogP contribution in [0.3, 0.4) is 0 Å². The minimum atomic E-state index is -0.160. The molecule has 0 amide bonds. The molecule has 2 N–H and O–H groups in total. The van der Waals surface area contributed by atoms with Crippen molar-refractivity contribution in [1.29, 1.82) is 0 Å². The fourth-order valence-electron chi connectivity index (χ4n) is 2.74. The van der Waals surface area contributed by atoms with E-state index in [1.807, 2.05) is 0 Å². The van der Waals surface area contributed by atoms with Crippen molar-refractivity contribution in [2.75, 3.05) is 0 Å². The fourth-order valence-corrected chi connectivity index (χ4v) is 3.87. The van der Waals surface area contributed by atoms with Gasteiger partial charge in [-0.3, -0.25) is 0 Å². The largest absolute Gasteiger partial charge is 0.319 e. The van der Waals surface area contributed by atoms with E-state index in [1.165, 1.54) is 17.0 Å². The van der Waals surface area contributed by atoms with Crippen LogP contribution in [0.15, 0.2) is 0 Å². The van der Waals surface area contributed by atoms with E-state index in [2.05, 4.69) is 27.7 Å². The highest BCUT2D eigenvalue weighted by Gasteiger charge is 2.43. The van der Waals surface area contributed by atoms with Gasteiger partial charge in [0, 0.05) is 4.88 Å². The maximum Gasteiger partial charge on any atom is 0.113 e. The Morgan fingerprint density at radius 1 is 1.38 bits per heavy atom. The molecule has 1 atom stereocenters. The maximum atomic E-state index is 6.54. The number of rotatable bonds is 2. The molecule has 2 nitrogen and oxygen atoms in total. The fraction of sp³-hybridized carbons (Fsp3) is 0.769. The quantitative estimate of drug-likeness (QED) is 0.858. The summed E-state index contributed by atoms with van der Waals surface area (Å²) in [4.78, 5) is 6.08. The van der Waals surface area contributed by atoms with Gasteiger partial charge in [0.15, 0.2) is 0 Å². The molecule has 1 aromatic heterocycles. The van der Waals surface area contributed by atoms with Gasteiger partial charge < -0.3 is 5.73 Å². The lowest BCUT2D eigenvalue weighted by atomic mass is 9.88. The zero-order valence-electron chi connectivity index (χ0n) is 10.8. The number of nitrogens with two attached hydrogens (primary N) is 1. The Kier molecular flexibility index (Phi) is 2.87. The molecule has 0 aliphatic heterocycles. The first-order chi connectivity index (χ1) is 7.36. The standard InChI is InChI=1S/C13H22N2S/c1-5-10-9(2)16-11(15-10)13(14)7-6-12(3,4)8-13/h5-8,14H2,1-4H3. The van der Waals surface area contributed by atoms with Gasteiger partial charge in [-0.1, -0.05) is 20.8 Å². The van der Waals surface area contributed by atoms with Gasteiger partial charge >= 0.3 is 0 Å². The second kappa shape index (κ2) is 3.81. The monoisotopic (exact) mass is 238 g/mol. The molecule has 90 valence electrons. The Morgan fingerprint density at radius 2 is 2.06 bits per heavy atom. The summed E-state index contributed by atoms with van der Waals surface area (Å²) >= 11 is 1.80. The van der Waals surface area contributed by atoms with Gasteiger partial charge in [0.2, 0.25) is 0 Å². The first-order valence-corrected chi connectivity index (χ1v) is 6.94. The molecule has 0 bridgehead atoms. The van der Waals surface area contributed by atoms with Crippen LogP contribution in [-0.2, 0) is 12.0 Å². The van der Waals surface area contributed by atoms with Crippen LogP contribution in [-0.4, -0.2) is 4.98 Å². The lowest BCUT2D eigenvalue weighted by Crippen LogP contribution is -2.34. The van der Waals surface area contributed by atoms with Gasteiger partial charge in [-0.15, -0.1) is 11.3 Å². The molecule has 2 rings (SSSR count). The molecule has 1 heterocycles. The van der Waals surface area contributed by atoms with Crippen molar-refractivity contribution < 1.29 is 0 Å². The van der Waals surface area contributed by atoms with Crippen LogP contribution < -0.4 is 5.73 Å². The first kappa shape index (κ1) is 12.1. The summed E-state index contributed by atoms with van der Waals surface area (Å²) in [6, 6.07) is 0. The Balaban J connectivity index is 2.30. The third-order valence-corrected chi connectivity index (χ3v) is 4.93. The minimum Gasteiger partial charge on any atom is -0.319 e. The minimum absolute atomic E-state index is 0.160. The van der Waals surface area contributed by atoms with E-state index in [4.69, 9.17) is 10.7 Å². The van der Waals surface area contributed by atoms with E-state index in [9.17, 15) is 0 Å². The molecule has 3 heteroatoms. The van der Waals surface area contributed by atoms with Crippen LogP contribution >= 0.6 is 11.3 Å². The van der Waals surface area contributed by atoms with Crippen LogP contribution in [0.4, 0.5) is 0 Å². The Labute approximate surface area is 102 Å². The molecule has 0 saturated heterocycles. The van der Waals surface area contributed by atoms with Crippen LogP contribution in [0.5, 0.6) is 0 Å². The first-order valence-electron chi connectivity index (χ1n) is 6.12. The van der Waals surface area contributed by atoms with E-state index in [0.29, 0.717) is 5.41 Å². The van der Waals surface area contributed by atoms with Crippen molar-refractivity contribution in [3.63, 3.8) is 0 Å². The summed E-state index contributed by atoms with van der Waals surface area (Å²) in [5.74, 6) is 0. The van der Waals surface area contributed by atoms with Crippen LogP contribution in [0, 0.1) is 12.3 Å². The number of hydrogen-bond acceptors (Lipinski definition) is 3. The zero-order chi connectivity index (χ0) is 12.0. The van der Waals surface area contributed by atoms with Crippen LogP contribution in [0.25, 0.3) is 0 Å². The van der Waals surface area contributed by atoms with E-state index in [-0.39, 0.29) is 5.54 Å². The smallest absolute Gasteiger partial charge is 0.113 e. The Bertz CT molecular complexity index is 395. The van der Waals surface area contributed by atoms with Crippen molar-refractivity contribution >= 4 is 11.3 Å². The summed E-state index contributed by atoms with van der Waals surface area (Å²) in [6.07, 6.45) is 4.37. The van der Waals surface area contributed by atoms with Crippen molar-refractivity contribution in [2.24, 2.45) is 11.1 Å². The van der Waals surface area contributed by atoms with Crippen LogP contribution in [0.1, 0.15) is 55.6 Å². The van der Waals surface area contributed by atoms with E-state index in [0.717, 1.165) is 24.3 Å². The molecule has 1 saturated carbocycles. The van der Waals surface area contributed by atoms with Crippen molar-refractivity contribution in [3.05, 3.63) is 15.6 Å². The van der Waals surface area contributed by atoms with Gasteiger partial charge in [-0.2, -0.15) is 0 Å². The van der Waals surface area contributed by atoms with E-state index in [1.54, 1.807) is 11.3 Å². The average Bonchev–Trinajstić information content (AvgIpc) is 2.68. The number of nitrogens with zero attached hydrogens (tertiary/aromatic N) is 1. The van der Waals surface area contributed by atoms with E-state index < -0.39 is 0 Å². The topological polar surface area (TPSA) is 38.9 Å². The zero-order valence-corrected chi connectivity index (χ0v) is 11.6. The van der Waals surface area contributed by atoms with Crippen molar-refractivity contribution in [1.82, 2.24) is 4.98 Å². The molecule has 0 radical (unpaired) electrons. The van der Waals surface area contributed by atoms with Gasteiger partial charge in [-0.05, 0) is 38.0 Å². The Hall–Kier alpha value is -0.410. The van der Waals surface area contributed by atoms with Gasteiger partial charge in [0.05, 0.1) is 11.2 Å². The Morgan fingerprint density at radius 3 is 2.50 bits per heavy atom. The molecule has 0 spiro atoms. The SMILES string of the molecule is CCc1nc(C2(N)CCC(C)(C)C2)sc1C. The molecular weight excluding hydrogens is 216 g/mol. The van der Waals surface area contributed by atoms with Gasteiger partial charge in [0.1, 0.15) is 5.01 Å². The molecule has 1 aliphatic rings. The van der Waals surface area contributed by atoms with Crippen molar-refractivity contribution in [2.45, 2.75) is 58.9 Å². The highest BCUT2D eigenvalue weighted by atomic mass is 32.1. The predicted molar refractivity (Wildman–Crippen MR) is 69.7 cm³/mol. The highest BCUT2D eigenvalue weighted by Crippen LogP contribution is 2.48. The molecule has 1 fully saturated rings. The number of aryl methyl sites for hydroxylation is 2.